The Hall–Kier alpha value is -2.13. The third-order valence-electron chi connectivity index (χ3n) is 3.12. The van der Waals surface area contributed by atoms with Gasteiger partial charge in [0.05, 0.1) is 13.2 Å². The Kier molecular flexibility index (Phi) is 4.53. The molecule has 1 amide bonds. The molecule has 1 saturated heterocycles. The van der Waals surface area contributed by atoms with Crippen LogP contribution in [0.25, 0.3) is 0 Å². The zero-order chi connectivity index (χ0) is 14.5. The lowest BCUT2D eigenvalue weighted by molar-refractivity contribution is -0.137. The fraction of sp³-hybridized carbons (Fsp3) is 0.500. The second-order valence-electron chi connectivity index (χ2n) is 4.65. The molecule has 20 heavy (non-hydrogen) atoms. The summed E-state index contributed by atoms with van der Waals surface area (Å²) in [4.78, 5) is 17.8. The van der Waals surface area contributed by atoms with Crippen LogP contribution in [-0.4, -0.2) is 48.7 Å². The van der Waals surface area contributed by atoms with Gasteiger partial charge in [-0.1, -0.05) is 0 Å². The van der Waals surface area contributed by atoms with Crippen LogP contribution in [0.1, 0.15) is 16.8 Å². The molecule has 6 heteroatoms. The lowest BCUT2D eigenvalue weighted by Gasteiger charge is -2.26. The van der Waals surface area contributed by atoms with E-state index in [9.17, 15) is 4.79 Å². The minimum atomic E-state index is -0.113. The van der Waals surface area contributed by atoms with Crippen molar-refractivity contribution in [2.24, 2.45) is 0 Å². The molecule has 1 fully saturated rings. The highest BCUT2D eigenvalue weighted by atomic mass is 16.5. The van der Waals surface area contributed by atoms with Crippen LogP contribution in [0.15, 0.2) is 6.07 Å². The van der Waals surface area contributed by atoms with Gasteiger partial charge in [-0.2, -0.15) is 5.26 Å². The van der Waals surface area contributed by atoms with Gasteiger partial charge in [-0.25, -0.2) is 4.98 Å². The van der Waals surface area contributed by atoms with Crippen LogP contribution in [-0.2, 0) is 9.53 Å². The number of carbonyl (C=O) groups excluding carboxylic acids is 1. The molecule has 0 aromatic carbocycles. The summed E-state index contributed by atoms with van der Waals surface area (Å²) in [6.45, 7) is 5.80. The molecule has 1 aromatic heterocycles. The number of hydrogen-bond donors (Lipinski definition) is 0. The van der Waals surface area contributed by atoms with E-state index in [-0.39, 0.29) is 18.4 Å². The standard InChI is InChI=1S/C14H17N3O3/c1-10-7-11(2)16-14(12(10)8-15)20-9-13(18)17-3-5-19-6-4-17/h7H,3-6,9H2,1-2H3. The van der Waals surface area contributed by atoms with Gasteiger partial charge in [0.25, 0.3) is 5.91 Å². The molecule has 0 unspecified atom stereocenters. The average Bonchev–Trinajstić information content (AvgIpc) is 2.45. The summed E-state index contributed by atoms with van der Waals surface area (Å²) >= 11 is 0. The lowest BCUT2D eigenvalue weighted by atomic mass is 10.1. The van der Waals surface area contributed by atoms with E-state index in [0.717, 1.165) is 11.3 Å². The number of aromatic nitrogens is 1. The first-order valence-corrected chi connectivity index (χ1v) is 6.48. The molecule has 0 saturated carbocycles. The summed E-state index contributed by atoms with van der Waals surface area (Å²) in [5.41, 5.74) is 1.94. The Morgan fingerprint density at radius 1 is 1.50 bits per heavy atom. The third-order valence-corrected chi connectivity index (χ3v) is 3.12. The first-order valence-electron chi connectivity index (χ1n) is 6.48. The Morgan fingerprint density at radius 3 is 2.85 bits per heavy atom. The van der Waals surface area contributed by atoms with Gasteiger partial charge in [0.15, 0.2) is 6.61 Å². The smallest absolute Gasteiger partial charge is 0.260 e. The van der Waals surface area contributed by atoms with Gasteiger partial charge in [0, 0.05) is 18.8 Å². The van der Waals surface area contributed by atoms with Crippen LogP contribution >= 0.6 is 0 Å². The molecule has 2 heterocycles. The number of rotatable bonds is 3. The highest BCUT2D eigenvalue weighted by molar-refractivity contribution is 5.77. The highest BCUT2D eigenvalue weighted by Crippen LogP contribution is 2.19. The number of nitriles is 1. The van der Waals surface area contributed by atoms with E-state index in [1.165, 1.54) is 0 Å². The van der Waals surface area contributed by atoms with E-state index in [4.69, 9.17) is 14.7 Å². The number of ether oxygens (including phenoxy) is 2. The number of pyridine rings is 1. The summed E-state index contributed by atoms with van der Waals surface area (Å²) in [6.07, 6.45) is 0. The van der Waals surface area contributed by atoms with Gasteiger partial charge in [-0.05, 0) is 25.5 Å². The van der Waals surface area contributed by atoms with Crippen LogP contribution < -0.4 is 4.74 Å². The van der Waals surface area contributed by atoms with Gasteiger partial charge < -0.3 is 14.4 Å². The van der Waals surface area contributed by atoms with Crippen molar-refractivity contribution in [3.8, 4) is 11.9 Å². The molecular weight excluding hydrogens is 258 g/mol. The summed E-state index contributed by atoms with van der Waals surface area (Å²) in [5.74, 6) is 0.116. The summed E-state index contributed by atoms with van der Waals surface area (Å²) in [7, 11) is 0. The number of nitrogens with zero attached hydrogens (tertiary/aromatic N) is 3. The molecule has 0 bridgehead atoms. The SMILES string of the molecule is Cc1cc(C)c(C#N)c(OCC(=O)N2CCOCC2)n1. The molecule has 1 aromatic rings. The number of hydrogen-bond acceptors (Lipinski definition) is 5. The maximum atomic E-state index is 12.0. The third kappa shape index (κ3) is 3.25. The maximum Gasteiger partial charge on any atom is 0.260 e. The van der Waals surface area contributed by atoms with Gasteiger partial charge >= 0.3 is 0 Å². The monoisotopic (exact) mass is 275 g/mol. The van der Waals surface area contributed by atoms with E-state index in [2.05, 4.69) is 11.1 Å². The molecule has 0 aliphatic carbocycles. The van der Waals surface area contributed by atoms with Crippen LogP contribution in [0, 0.1) is 25.2 Å². The number of aryl methyl sites for hydroxylation is 2. The Bertz CT molecular complexity index is 545. The van der Waals surface area contributed by atoms with E-state index in [0.29, 0.717) is 31.9 Å². The molecule has 1 aliphatic heterocycles. The van der Waals surface area contributed by atoms with Crippen LogP contribution in [0.4, 0.5) is 0 Å². The predicted molar refractivity (Wildman–Crippen MR) is 71.3 cm³/mol. The molecule has 6 nitrogen and oxygen atoms in total. The second kappa shape index (κ2) is 6.35. The molecule has 0 atom stereocenters. The summed E-state index contributed by atoms with van der Waals surface area (Å²) in [6, 6.07) is 3.88. The predicted octanol–water partition coefficient (Wildman–Crippen LogP) is 0.808. The minimum Gasteiger partial charge on any atom is -0.467 e. The highest BCUT2D eigenvalue weighted by Gasteiger charge is 2.18. The second-order valence-corrected chi connectivity index (χ2v) is 4.65. The maximum absolute atomic E-state index is 12.0. The number of amides is 1. The van der Waals surface area contributed by atoms with E-state index >= 15 is 0 Å². The molecule has 0 radical (unpaired) electrons. The Morgan fingerprint density at radius 2 is 2.20 bits per heavy atom. The van der Waals surface area contributed by atoms with Crippen molar-refractivity contribution in [2.45, 2.75) is 13.8 Å². The molecule has 0 spiro atoms. The van der Waals surface area contributed by atoms with Crippen molar-refractivity contribution in [1.29, 1.82) is 5.26 Å². The van der Waals surface area contributed by atoms with E-state index in [1.807, 2.05) is 19.9 Å². The molecule has 106 valence electrons. The van der Waals surface area contributed by atoms with Crippen LogP contribution in [0.2, 0.25) is 0 Å². The van der Waals surface area contributed by atoms with Crippen molar-refractivity contribution >= 4 is 5.91 Å². The first-order chi connectivity index (χ1) is 9.61. The van der Waals surface area contributed by atoms with Gasteiger partial charge in [-0.15, -0.1) is 0 Å². The van der Waals surface area contributed by atoms with Crippen LogP contribution in [0.3, 0.4) is 0 Å². The minimum absolute atomic E-state index is 0.107. The van der Waals surface area contributed by atoms with Crippen molar-refractivity contribution in [1.82, 2.24) is 9.88 Å². The Balaban J connectivity index is 2.03. The number of carbonyl (C=O) groups is 1. The molecular formula is C14H17N3O3. The van der Waals surface area contributed by atoms with Gasteiger partial charge in [0.2, 0.25) is 5.88 Å². The molecule has 1 aliphatic rings. The zero-order valence-corrected chi connectivity index (χ0v) is 11.7. The van der Waals surface area contributed by atoms with Crippen molar-refractivity contribution in [3.63, 3.8) is 0 Å². The van der Waals surface area contributed by atoms with Crippen molar-refractivity contribution in [2.75, 3.05) is 32.9 Å². The Labute approximate surface area is 117 Å². The summed E-state index contributed by atoms with van der Waals surface area (Å²) < 4.78 is 10.6. The zero-order valence-electron chi connectivity index (χ0n) is 11.7. The lowest BCUT2D eigenvalue weighted by Crippen LogP contribution is -2.43. The average molecular weight is 275 g/mol. The fourth-order valence-corrected chi connectivity index (χ4v) is 2.08. The first kappa shape index (κ1) is 14.3. The fourth-order valence-electron chi connectivity index (χ4n) is 2.08. The normalized spacial score (nSPS) is 14.8. The quantitative estimate of drug-likeness (QED) is 0.816. The van der Waals surface area contributed by atoms with Gasteiger partial charge in [0.1, 0.15) is 11.6 Å². The number of morpholine rings is 1. The molecule has 0 N–H and O–H groups in total. The van der Waals surface area contributed by atoms with E-state index in [1.54, 1.807) is 4.90 Å². The van der Waals surface area contributed by atoms with Crippen molar-refractivity contribution in [3.05, 3.63) is 22.9 Å². The molecule has 2 rings (SSSR count). The van der Waals surface area contributed by atoms with E-state index < -0.39 is 0 Å². The largest absolute Gasteiger partial charge is 0.467 e. The van der Waals surface area contributed by atoms with Crippen molar-refractivity contribution < 1.29 is 14.3 Å². The van der Waals surface area contributed by atoms with Gasteiger partial charge in [-0.3, -0.25) is 4.79 Å². The topological polar surface area (TPSA) is 75.5 Å². The summed E-state index contributed by atoms with van der Waals surface area (Å²) in [5, 5.41) is 9.12. The van der Waals surface area contributed by atoms with Crippen LogP contribution in [0.5, 0.6) is 5.88 Å².